The summed E-state index contributed by atoms with van der Waals surface area (Å²) in [4.78, 5) is 0. The van der Waals surface area contributed by atoms with Crippen molar-refractivity contribution in [2.45, 2.75) is 86.5 Å². The zero-order valence-electron chi connectivity index (χ0n) is 23.9. The molecule has 3 aromatic rings. The van der Waals surface area contributed by atoms with Gasteiger partial charge in [-0.15, -0.1) is 0 Å². The van der Waals surface area contributed by atoms with Crippen LogP contribution in [0, 0.1) is 21.5 Å². The summed E-state index contributed by atoms with van der Waals surface area (Å²) in [5.74, 6) is 0.453. The number of rotatable bonds is 0. The lowest BCUT2D eigenvalue weighted by Crippen LogP contribution is -2.38. The average Bonchev–Trinajstić information content (AvgIpc) is 3.24. The van der Waals surface area contributed by atoms with Gasteiger partial charge in [0.05, 0.1) is 27.8 Å². The zero-order valence-corrected chi connectivity index (χ0v) is 23.9. The maximum atomic E-state index is 12.5. The van der Waals surface area contributed by atoms with Crippen LogP contribution in [0.3, 0.4) is 0 Å². The van der Waals surface area contributed by atoms with Gasteiger partial charge in [-0.2, -0.15) is 9.47 Å². The highest BCUT2D eigenvalue weighted by molar-refractivity contribution is 6.27. The molecule has 6 rings (SSSR count). The highest BCUT2D eigenvalue weighted by Crippen LogP contribution is 2.55. The molecule has 0 saturated heterocycles. The summed E-state index contributed by atoms with van der Waals surface area (Å²) < 4.78 is 2.56. The summed E-state index contributed by atoms with van der Waals surface area (Å²) in [6, 6.07) is 16.1. The monoisotopic (exact) mass is 498 g/mol. The van der Waals surface area contributed by atoms with Crippen molar-refractivity contribution in [2.24, 2.45) is 16.2 Å². The summed E-state index contributed by atoms with van der Waals surface area (Å²) >= 11 is 0. The van der Waals surface area contributed by atoms with Crippen molar-refractivity contribution in [1.29, 1.82) is 0 Å². The first-order valence-electron chi connectivity index (χ1n) is 13.6. The van der Waals surface area contributed by atoms with Crippen LogP contribution in [0.25, 0.3) is 16.5 Å². The number of hydrogen-bond acceptors (Lipinski definition) is 2. The smallest absolute Gasteiger partial charge is 0.224 e. The molecular formula is C33H42N2O2. The van der Waals surface area contributed by atoms with E-state index in [4.69, 9.17) is 0 Å². The van der Waals surface area contributed by atoms with E-state index in [9.17, 15) is 10.4 Å². The first-order valence-corrected chi connectivity index (χ1v) is 13.6. The van der Waals surface area contributed by atoms with Crippen molar-refractivity contribution in [3.05, 3.63) is 76.6 Å². The minimum atomic E-state index is -0.0750. The maximum Gasteiger partial charge on any atom is 0.224 e. The minimum Gasteiger partial charge on any atom is -0.618 e. The molecule has 0 fully saturated rings. The van der Waals surface area contributed by atoms with Crippen LogP contribution >= 0.6 is 0 Å². The summed E-state index contributed by atoms with van der Waals surface area (Å²) in [5.41, 5.74) is 7.64. The Kier molecular flexibility index (Phi) is 5.54. The Bertz CT molecular complexity index is 1460. The number of benzene rings is 2. The van der Waals surface area contributed by atoms with Gasteiger partial charge in [0.15, 0.2) is 0 Å². The molecule has 4 nitrogen and oxygen atoms in total. The Labute approximate surface area is 221 Å². The van der Waals surface area contributed by atoms with Crippen LogP contribution in [0.5, 0.6) is 0 Å². The minimum absolute atomic E-state index is 0.000880. The van der Waals surface area contributed by atoms with E-state index >= 15 is 0 Å². The molecule has 2 aliphatic carbocycles. The Morgan fingerprint density at radius 1 is 0.865 bits per heavy atom. The van der Waals surface area contributed by atoms with Crippen molar-refractivity contribution >= 4 is 27.9 Å². The molecular weight excluding hydrogens is 456 g/mol. The van der Waals surface area contributed by atoms with Crippen LogP contribution in [0.1, 0.15) is 97.9 Å². The number of hydrogen-bond donors (Lipinski definition) is 1. The lowest BCUT2D eigenvalue weighted by Gasteiger charge is -2.45. The van der Waals surface area contributed by atoms with Crippen LogP contribution in [-0.2, 0) is 5.41 Å². The molecule has 0 unspecified atom stereocenters. The first kappa shape index (κ1) is 25.6. The maximum absolute atomic E-state index is 12.5. The van der Waals surface area contributed by atoms with Crippen molar-refractivity contribution < 1.29 is 9.95 Å². The predicted molar refractivity (Wildman–Crippen MR) is 154 cm³/mol. The fourth-order valence-corrected chi connectivity index (χ4v) is 7.79. The Morgan fingerprint density at radius 3 is 2.19 bits per heavy atom. The number of aromatic nitrogens is 1. The average molecular weight is 499 g/mol. The van der Waals surface area contributed by atoms with Gasteiger partial charge in [-0.05, 0) is 61.1 Å². The summed E-state index contributed by atoms with van der Waals surface area (Å²) in [6.07, 6.45) is 4.36. The van der Waals surface area contributed by atoms with E-state index in [1.165, 1.54) is 15.7 Å². The number of nitrogens with zero attached hydrogens (tertiary/aromatic N) is 2. The summed E-state index contributed by atoms with van der Waals surface area (Å²) in [7, 11) is 0. The van der Waals surface area contributed by atoms with E-state index in [-0.39, 0.29) is 21.7 Å². The van der Waals surface area contributed by atoms with E-state index in [0.29, 0.717) is 5.92 Å². The van der Waals surface area contributed by atoms with Crippen LogP contribution < -0.4 is 0 Å². The van der Waals surface area contributed by atoms with Crippen molar-refractivity contribution in [3.8, 4) is 0 Å². The molecule has 37 heavy (non-hydrogen) atoms. The summed E-state index contributed by atoms with van der Waals surface area (Å²) in [6.45, 7) is 20.3. The third-order valence-corrected chi connectivity index (χ3v) is 8.98. The van der Waals surface area contributed by atoms with Gasteiger partial charge in [0.25, 0.3) is 0 Å². The number of para-hydroxylation sites is 2. The molecule has 0 radical (unpaired) electrons. The van der Waals surface area contributed by atoms with Crippen molar-refractivity contribution in [1.82, 2.24) is 4.73 Å². The van der Waals surface area contributed by atoms with E-state index < -0.39 is 0 Å². The van der Waals surface area contributed by atoms with Gasteiger partial charge in [-0.25, -0.2) is 0 Å². The molecule has 2 aromatic carbocycles. The number of allylic oxidation sites excluding steroid dienone is 2. The zero-order chi connectivity index (χ0) is 27.1. The van der Waals surface area contributed by atoms with Crippen LogP contribution in [0.4, 0.5) is 5.69 Å². The van der Waals surface area contributed by atoms with Gasteiger partial charge >= 0.3 is 0 Å². The molecule has 4 heteroatoms. The molecule has 3 aliphatic rings. The first-order chi connectivity index (χ1) is 17.1. The van der Waals surface area contributed by atoms with Gasteiger partial charge in [0.1, 0.15) is 0 Å². The quantitative estimate of drug-likeness (QED) is 0.191. The SMILES string of the molecule is CC1(C)C=C2C(=[N+]([O-])c3ccccc32)C(C)(C)C1.C[C@@H]1c2c(n(O)c3ccccc23)C(C)(C)CC1(C)C. The molecule has 0 bridgehead atoms. The van der Waals surface area contributed by atoms with E-state index in [0.717, 1.165) is 51.3 Å². The molecule has 1 aliphatic heterocycles. The molecule has 1 N–H and O–H groups in total. The Morgan fingerprint density at radius 2 is 1.49 bits per heavy atom. The molecule has 196 valence electrons. The Balaban J connectivity index is 0.000000152. The summed E-state index contributed by atoms with van der Waals surface area (Å²) in [5, 5.41) is 24.3. The second kappa shape index (κ2) is 7.99. The van der Waals surface area contributed by atoms with E-state index in [1.807, 2.05) is 30.3 Å². The van der Waals surface area contributed by atoms with Crippen molar-refractivity contribution in [3.63, 3.8) is 0 Å². The highest BCUT2D eigenvalue weighted by Gasteiger charge is 2.48. The molecule has 0 amide bonds. The third kappa shape index (κ3) is 3.91. The highest BCUT2D eigenvalue weighted by atomic mass is 16.5. The molecule has 0 spiro atoms. The van der Waals surface area contributed by atoms with Gasteiger partial charge in [0, 0.05) is 16.9 Å². The molecule has 0 saturated carbocycles. The number of fused-ring (bicyclic) bond motifs is 6. The largest absolute Gasteiger partial charge is 0.618 e. The van der Waals surface area contributed by atoms with Gasteiger partial charge < -0.3 is 10.4 Å². The normalized spacial score (nSPS) is 23.9. The lowest BCUT2D eigenvalue weighted by molar-refractivity contribution is -0.361. The van der Waals surface area contributed by atoms with Crippen LogP contribution in [0.15, 0.2) is 54.6 Å². The van der Waals surface area contributed by atoms with E-state index in [2.05, 4.69) is 86.6 Å². The third-order valence-electron chi connectivity index (χ3n) is 8.98. The van der Waals surface area contributed by atoms with Gasteiger partial charge in [0.2, 0.25) is 11.4 Å². The molecule has 1 atom stereocenters. The fourth-order valence-electron chi connectivity index (χ4n) is 7.79. The standard InChI is InChI=1S/C17H23NO.C16H19NO/c1-11-14-12-8-6-7-9-13(12)18(19)15(14)17(4,5)10-16(11,2)3;1-15(2)9-12-11-7-5-6-8-13(11)17(18)14(12)16(3,4)10-15/h6-9,11,19H,10H2,1-5H3;5-9H,10H2,1-4H3/t11-;/m1./s1. The second-order valence-corrected chi connectivity index (χ2v) is 14.1. The molecule has 2 heterocycles. The Hall–Kier alpha value is -3.01. The van der Waals surface area contributed by atoms with Gasteiger partial charge in [-0.3, -0.25) is 0 Å². The lowest BCUT2D eigenvalue weighted by atomic mass is 9.60. The van der Waals surface area contributed by atoms with Crippen molar-refractivity contribution in [2.75, 3.05) is 0 Å². The van der Waals surface area contributed by atoms with Gasteiger partial charge in [-0.1, -0.05) is 84.9 Å². The topological polar surface area (TPSA) is 51.2 Å². The van der Waals surface area contributed by atoms with E-state index in [1.54, 1.807) is 0 Å². The fraction of sp³-hybridized carbons (Fsp3) is 0.485. The second-order valence-electron chi connectivity index (χ2n) is 14.1. The van der Waals surface area contributed by atoms with Crippen LogP contribution in [0.2, 0.25) is 0 Å². The predicted octanol–water partition coefficient (Wildman–Crippen LogP) is 8.81. The van der Waals surface area contributed by atoms with Crippen LogP contribution in [-0.4, -0.2) is 20.4 Å². The molecule has 1 aromatic heterocycles.